The van der Waals surface area contributed by atoms with Crippen LogP contribution in [0.2, 0.25) is 5.15 Å². The first-order valence-electron chi connectivity index (χ1n) is 4.19. The molecule has 0 unspecified atom stereocenters. The van der Waals surface area contributed by atoms with E-state index in [0.29, 0.717) is 21.7 Å². The molecule has 2 heterocycles. The van der Waals surface area contributed by atoms with Gasteiger partial charge in [0.25, 0.3) is 0 Å². The van der Waals surface area contributed by atoms with Gasteiger partial charge in [-0.05, 0) is 0 Å². The maximum Gasteiger partial charge on any atom is 0.341 e. The van der Waals surface area contributed by atoms with Crippen molar-refractivity contribution in [3.63, 3.8) is 0 Å². The van der Waals surface area contributed by atoms with Crippen molar-refractivity contribution in [2.45, 2.75) is 0 Å². The number of aromatic nitrogens is 3. The maximum atomic E-state index is 11.4. The van der Waals surface area contributed by atoms with E-state index < -0.39 is 5.97 Å². The zero-order chi connectivity index (χ0) is 11.0. The van der Waals surface area contributed by atoms with Crippen LogP contribution in [0.5, 0.6) is 0 Å². The number of esters is 1. The van der Waals surface area contributed by atoms with E-state index in [1.807, 2.05) is 0 Å². The zero-order valence-electron chi connectivity index (χ0n) is 8.19. The van der Waals surface area contributed by atoms with E-state index in [0.717, 1.165) is 0 Å². The van der Waals surface area contributed by atoms with Crippen LogP contribution in [0.3, 0.4) is 0 Å². The number of aryl methyl sites for hydroxylation is 1. The van der Waals surface area contributed by atoms with Gasteiger partial charge < -0.3 is 9.30 Å². The molecule has 0 saturated heterocycles. The molecule has 0 saturated carbocycles. The molecule has 0 spiro atoms. The number of fused-ring (bicyclic) bond motifs is 1. The lowest BCUT2D eigenvalue weighted by Gasteiger charge is -1.96. The van der Waals surface area contributed by atoms with E-state index in [9.17, 15) is 4.79 Å². The lowest BCUT2D eigenvalue weighted by Crippen LogP contribution is -2.00. The van der Waals surface area contributed by atoms with E-state index in [1.165, 1.54) is 13.4 Å². The maximum absolute atomic E-state index is 11.4. The van der Waals surface area contributed by atoms with Crippen LogP contribution in [0.4, 0.5) is 0 Å². The molecule has 15 heavy (non-hydrogen) atoms. The van der Waals surface area contributed by atoms with Crippen LogP contribution < -0.4 is 0 Å². The number of hydrogen-bond acceptors (Lipinski definition) is 4. The quantitative estimate of drug-likeness (QED) is 0.544. The Morgan fingerprint density at radius 1 is 1.53 bits per heavy atom. The molecule has 0 aliphatic rings. The highest BCUT2D eigenvalue weighted by Crippen LogP contribution is 2.23. The van der Waals surface area contributed by atoms with Gasteiger partial charge in [-0.2, -0.15) is 0 Å². The fourth-order valence-electron chi connectivity index (χ4n) is 1.45. The van der Waals surface area contributed by atoms with Gasteiger partial charge in [0, 0.05) is 13.2 Å². The summed E-state index contributed by atoms with van der Waals surface area (Å²) in [7, 11) is 3.09. The van der Waals surface area contributed by atoms with Crippen molar-refractivity contribution < 1.29 is 9.53 Å². The number of rotatable bonds is 1. The van der Waals surface area contributed by atoms with Crippen molar-refractivity contribution in [2.24, 2.45) is 7.05 Å². The second-order valence-electron chi connectivity index (χ2n) is 3.01. The molecule has 0 fully saturated rings. The first-order chi connectivity index (χ1) is 7.15. The smallest absolute Gasteiger partial charge is 0.341 e. The second-order valence-corrected chi connectivity index (χ2v) is 3.36. The lowest BCUT2D eigenvalue weighted by atomic mass is 10.3. The van der Waals surface area contributed by atoms with Crippen molar-refractivity contribution >= 4 is 28.6 Å². The van der Waals surface area contributed by atoms with Crippen LogP contribution in [0.25, 0.3) is 11.0 Å². The highest BCUT2D eigenvalue weighted by Gasteiger charge is 2.17. The first-order valence-corrected chi connectivity index (χ1v) is 4.56. The molecular formula is C9H8ClN3O2. The minimum Gasteiger partial charge on any atom is -0.465 e. The third-order valence-electron chi connectivity index (χ3n) is 2.11. The summed E-state index contributed by atoms with van der Waals surface area (Å²) < 4.78 is 6.34. The molecular weight excluding hydrogens is 218 g/mol. The van der Waals surface area contributed by atoms with Crippen molar-refractivity contribution in [3.8, 4) is 0 Å². The Morgan fingerprint density at radius 2 is 2.27 bits per heavy atom. The van der Waals surface area contributed by atoms with Crippen LogP contribution in [0.1, 0.15) is 10.4 Å². The van der Waals surface area contributed by atoms with Crippen LogP contribution in [0.15, 0.2) is 12.5 Å². The van der Waals surface area contributed by atoms with E-state index in [1.54, 1.807) is 17.8 Å². The summed E-state index contributed by atoms with van der Waals surface area (Å²) in [6, 6.07) is 0. The predicted octanol–water partition coefficient (Wildman–Crippen LogP) is 1.41. The SMILES string of the molecule is COC(=O)c1cn(C)c2c(Cl)ncnc12. The summed E-state index contributed by atoms with van der Waals surface area (Å²) in [5.74, 6) is -0.435. The first kappa shape index (κ1) is 9.92. The van der Waals surface area contributed by atoms with Crippen LogP contribution in [-0.2, 0) is 11.8 Å². The summed E-state index contributed by atoms with van der Waals surface area (Å²) in [5, 5.41) is 0.317. The molecule has 0 aliphatic carbocycles. The summed E-state index contributed by atoms with van der Waals surface area (Å²) >= 11 is 5.90. The molecule has 2 aromatic heterocycles. The van der Waals surface area contributed by atoms with Gasteiger partial charge in [-0.25, -0.2) is 14.8 Å². The number of nitrogens with zero attached hydrogens (tertiary/aromatic N) is 3. The molecule has 6 heteroatoms. The minimum absolute atomic E-state index is 0.317. The molecule has 0 N–H and O–H groups in total. The summed E-state index contributed by atoms with van der Waals surface area (Å²) in [4.78, 5) is 19.3. The van der Waals surface area contributed by atoms with Gasteiger partial charge in [-0.15, -0.1) is 0 Å². The van der Waals surface area contributed by atoms with Crippen LogP contribution in [0, 0.1) is 0 Å². The van der Waals surface area contributed by atoms with Gasteiger partial charge in [-0.1, -0.05) is 11.6 Å². The Morgan fingerprint density at radius 3 is 2.93 bits per heavy atom. The van der Waals surface area contributed by atoms with Crippen molar-refractivity contribution in [3.05, 3.63) is 23.2 Å². The van der Waals surface area contributed by atoms with Crippen LogP contribution in [-0.4, -0.2) is 27.6 Å². The van der Waals surface area contributed by atoms with E-state index in [-0.39, 0.29) is 0 Å². The van der Waals surface area contributed by atoms with Gasteiger partial charge in [0.1, 0.15) is 22.9 Å². The van der Waals surface area contributed by atoms with E-state index in [4.69, 9.17) is 11.6 Å². The Bertz CT molecular complexity index is 535. The standard InChI is InChI=1S/C9H8ClN3O2/c1-13-3-5(9(14)15-2)6-7(13)8(10)12-4-11-6/h3-4H,1-2H3. The highest BCUT2D eigenvalue weighted by atomic mass is 35.5. The Labute approximate surface area is 90.6 Å². The zero-order valence-corrected chi connectivity index (χ0v) is 8.95. The lowest BCUT2D eigenvalue weighted by molar-refractivity contribution is 0.0602. The molecule has 0 radical (unpaired) electrons. The van der Waals surface area contributed by atoms with Crippen molar-refractivity contribution in [1.29, 1.82) is 0 Å². The molecule has 2 aromatic rings. The van der Waals surface area contributed by atoms with Gasteiger partial charge in [-0.3, -0.25) is 0 Å². The number of hydrogen-bond donors (Lipinski definition) is 0. The van der Waals surface area contributed by atoms with E-state index in [2.05, 4.69) is 14.7 Å². The van der Waals surface area contributed by atoms with Gasteiger partial charge >= 0.3 is 5.97 Å². The highest BCUT2D eigenvalue weighted by molar-refractivity contribution is 6.34. The fourth-order valence-corrected chi connectivity index (χ4v) is 1.71. The van der Waals surface area contributed by atoms with Crippen molar-refractivity contribution in [2.75, 3.05) is 7.11 Å². The molecule has 78 valence electrons. The summed E-state index contributed by atoms with van der Waals surface area (Å²) in [6.45, 7) is 0. The Balaban J connectivity index is 2.79. The van der Waals surface area contributed by atoms with Gasteiger partial charge in [0.05, 0.1) is 7.11 Å². The van der Waals surface area contributed by atoms with Gasteiger partial charge in [0.15, 0.2) is 5.15 Å². The number of carbonyl (C=O) groups is 1. The summed E-state index contributed by atoms with van der Waals surface area (Å²) in [5.41, 5.74) is 1.52. The predicted molar refractivity (Wildman–Crippen MR) is 54.9 cm³/mol. The molecule has 0 bridgehead atoms. The topological polar surface area (TPSA) is 57.0 Å². The van der Waals surface area contributed by atoms with Gasteiger partial charge in [0.2, 0.25) is 0 Å². The third-order valence-corrected chi connectivity index (χ3v) is 2.39. The summed E-state index contributed by atoms with van der Waals surface area (Å²) in [6.07, 6.45) is 2.94. The Kier molecular flexibility index (Phi) is 2.32. The minimum atomic E-state index is -0.435. The number of halogens is 1. The monoisotopic (exact) mass is 225 g/mol. The molecule has 0 amide bonds. The molecule has 0 atom stereocenters. The number of carbonyl (C=O) groups excluding carboxylic acids is 1. The molecule has 2 rings (SSSR count). The van der Waals surface area contributed by atoms with Crippen LogP contribution >= 0.6 is 11.6 Å². The average molecular weight is 226 g/mol. The third kappa shape index (κ3) is 1.45. The van der Waals surface area contributed by atoms with E-state index >= 15 is 0 Å². The largest absolute Gasteiger partial charge is 0.465 e. The second kappa shape index (κ2) is 3.51. The average Bonchev–Trinajstić information content (AvgIpc) is 2.56. The molecule has 5 nitrogen and oxygen atoms in total. The number of methoxy groups -OCH3 is 1. The normalized spacial score (nSPS) is 10.6. The number of ether oxygens (including phenoxy) is 1. The van der Waals surface area contributed by atoms with Crippen molar-refractivity contribution in [1.82, 2.24) is 14.5 Å². The fraction of sp³-hybridized carbons (Fsp3) is 0.222. The Hall–Kier alpha value is -1.62. The molecule has 0 aliphatic heterocycles. The molecule has 0 aromatic carbocycles.